The van der Waals surface area contributed by atoms with E-state index in [9.17, 15) is 17.6 Å². The number of nitrogens with zero attached hydrogens (tertiary/aromatic N) is 1. The molecule has 0 aromatic rings. The number of hydrogen-bond acceptors (Lipinski definition) is 2. The van der Waals surface area contributed by atoms with E-state index in [0.29, 0.717) is 26.1 Å². The molecule has 0 radical (unpaired) electrons. The predicted molar refractivity (Wildman–Crippen MR) is 49.5 cm³/mol. The first-order valence-corrected chi connectivity index (χ1v) is 5.03. The topological polar surface area (TPSA) is 15.3 Å². The average molecular weight is 228 g/mol. The van der Waals surface area contributed by atoms with Gasteiger partial charge in [0, 0.05) is 19.1 Å². The number of halogens is 4. The summed E-state index contributed by atoms with van der Waals surface area (Å²) in [6, 6.07) is 0.259. The molecule has 0 aromatic heterocycles. The van der Waals surface area contributed by atoms with E-state index in [1.54, 1.807) is 0 Å². The van der Waals surface area contributed by atoms with Crippen molar-refractivity contribution in [3.05, 3.63) is 0 Å². The molecule has 1 N–H and O–H groups in total. The minimum absolute atomic E-state index is 0.259. The Balaban J connectivity index is 2.44. The van der Waals surface area contributed by atoms with E-state index in [1.165, 1.54) is 4.90 Å². The maximum Gasteiger partial charge on any atom is 0.319 e. The molecule has 1 heterocycles. The van der Waals surface area contributed by atoms with E-state index < -0.39 is 18.9 Å². The van der Waals surface area contributed by atoms with Gasteiger partial charge in [0.25, 0.3) is 0 Å². The third-order valence-corrected chi connectivity index (χ3v) is 2.55. The fourth-order valence-corrected chi connectivity index (χ4v) is 1.58. The van der Waals surface area contributed by atoms with Crippen molar-refractivity contribution in [2.75, 3.05) is 26.2 Å². The van der Waals surface area contributed by atoms with Gasteiger partial charge in [-0.15, -0.1) is 0 Å². The summed E-state index contributed by atoms with van der Waals surface area (Å²) in [4.78, 5) is 1.39. The number of rotatable bonds is 3. The number of alkyl halides is 4. The van der Waals surface area contributed by atoms with Crippen molar-refractivity contribution in [2.45, 2.75) is 31.7 Å². The maximum atomic E-state index is 12.7. The summed E-state index contributed by atoms with van der Waals surface area (Å²) in [5, 5.41) is 3.12. The summed E-state index contributed by atoms with van der Waals surface area (Å²) in [6.07, 6.45) is -2.87. The standard InChI is InChI=1S/C9H16F4N2/c1-7-2-4-15(5-3-14-7)6-9(12,13)8(10)11/h7-8,14H,2-6H2,1H3. The second-order valence-electron chi connectivity index (χ2n) is 3.98. The van der Waals surface area contributed by atoms with Crippen LogP contribution in [0.5, 0.6) is 0 Å². The third-order valence-electron chi connectivity index (χ3n) is 2.55. The highest BCUT2D eigenvalue weighted by atomic mass is 19.3. The minimum Gasteiger partial charge on any atom is -0.313 e. The van der Waals surface area contributed by atoms with Gasteiger partial charge in [-0.25, -0.2) is 8.78 Å². The Kier molecular flexibility index (Phi) is 4.33. The Bertz CT molecular complexity index is 199. The van der Waals surface area contributed by atoms with E-state index in [0.717, 1.165) is 0 Å². The van der Waals surface area contributed by atoms with Gasteiger partial charge < -0.3 is 5.32 Å². The van der Waals surface area contributed by atoms with Crippen molar-refractivity contribution in [3.8, 4) is 0 Å². The molecule has 2 nitrogen and oxygen atoms in total. The van der Waals surface area contributed by atoms with E-state index in [1.807, 2.05) is 6.92 Å². The van der Waals surface area contributed by atoms with E-state index in [-0.39, 0.29) is 6.04 Å². The lowest BCUT2D eigenvalue weighted by molar-refractivity contribution is -0.141. The first kappa shape index (κ1) is 12.7. The highest BCUT2D eigenvalue weighted by Crippen LogP contribution is 2.24. The number of nitrogens with one attached hydrogen (secondary N) is 1. The predicted octanol–water partition coefficient (Wildman–Crippen LogP) is 1.57. The summed E-state index contributed by atoms with van der Waals surface area (Å²) < 4.78 is 49.4. The lowest BCUT2D eigenvalue weighted by atomic mass is 10.2. The van der Waals surface area contributed by atoms with E-state index in [2.05, 4.69) is 5.32 Å². The Morgan fingerprint density at radius 2 is 2.07 bits per heavy atom. The summed E-state index contributed by atoms with van der Waals surface area (Å²) in [5.41, 5.74) is 0. The summed E-state index contributed by atoms with van der Waals surface area (Å²) >= 11 is 0. The first-order valence-electron chi connectivity index (χ1n) is 5.03. The van der Waals surface area contributed by atoms with Crippen molar-refractivity contribution < 1.29 is 17.6 Å². The van der Waals surface area contributed by atoms with Gasteiger partial charge in [-0.2, -0.15) is 8.78 Å². The fourth-order valence-electron chi connectivity index (χ4n) is 1.58. The molecular formula is C9H16F4N2. The lowest BCUT2D eigenvalue weighted by Gasteiger charge is -2.25. The van der Waals surface area contributed by atoms with Crippen LogP contribution in [0.15, 0.2) is 0 Å². The molecule has 0 aromatic carbocycles. The van der Waals surface area contributed by atoms with Gasteiger partial charge >= 0.3 is 12.3 Å². The molecule has 1 rings (SSSR count). The largest absolute Gasteiger partial charge is 0.319 e. The molecule has 90 valence electrons. The Morgan fingerprint density at radius 1 is 1.40 bits per heavy atom. The van der Waals surface area contributed by atoms with E-state index >= 15 is 0 Å². The molecule has 15 heavy (non-hydrogen) atoms. The Morgan fingerprint density at radius 3 is 2.67 bits per heavy atom. The Hall–Kier alpha value is -0.360. The molecule has 0 saturated carbocycles. The van der Waals surface area contributed by atoms with Crippen molar-refractivity contribution in [1.82, 2.24) is 10.2 Å². The molecule has 1 aliphatic rings. The van der Waals surface area contributed by atoms with Crippen molar-refractivity contribution in [1.29, 1.82) is 0 Å². The molecule has 0 spiro atoms. The minimum atomic E-state index is -3.90. The monoisotopic (exact) mass is 228 g/mol. The molecule has 0 amide bonds. The molecule has 1 fully saturated rings. The zero-order chi connectivity index (χ0) is 11.5. The molecule has 1 atom stereocenters. The smallest absolute Gasteiger partial charge is 0.313 e. The normalized spacial score (nSPS) is 25.6. The third kappa shape index (κ3) is 3.95. The zero-order valence-electron chi connectivity index (χ0n) is 8.65. The van der Waals surface area contributed by atoms with E-state index in [4.69, 9.17) is 0 Å². The highest BCUT2D eigenvalue weighted by Gasteiger charge is 2.42. The van der Waals surface area contributed by atoms with Crippen LogP contribution in [0, 0.1) is 0 Å². The van der Waals surface area contributed by atoms with Crippen molar-refractivity contribution in [3.63, 3.8) is 0 Å². The van der Waals surface area contributed by atoms with Crippen LogP contribution >= 0.6 is 0 Å². The first-order chi connectivity index (χ1) is 6.92. The summed E-state index contributed by atoms with van der Waals surface area (Å²) in [5.74, 6) is -3.90. The van der Waals surface area contributed by atoms with Crippen LogP contribution in [0.1, 0.15) is 13.3 Å². The highest BCUT2D eigenvalue weighted by molar-refractivity contribution is 4.78. The van der Waals surface area contributed by atoms with Crippen LogP contribution in [-0.4, -0.2) is 49.5 Å². The zero-order valence-corrected chi connectivity index (χ0v) is 8.65. The van der Waals surface area contributed by atoms with Crippen LogP contribution in [-0.2, 0) is 0 Å². The molecule has 0 aliphatic carbocycles. The van der Waals surface area contributed by atoms with Crippen LogP contribution in [0.25, 0.3) is 0 Å². The van der Waals surface area contributed by atoms with Gasteiger partial charge in [0.15, 0.2) is 0 Å². The van der Waals surface area contributed by atoms with Gasteiger partial charge in [-0.1, -0.05) is 0 Å². The average Bonchev–Trinajstić information content (AvgIpc) is 2.30. The summed E-state index contributed by atoms with van der Waals surface area (Å²) in [7, 11) is 0. The molecular weight excluding hydrogens is 212 g/mol. The van der Waals surface area contributed by atoms with Gasteiger partial charge in [0.1, 0.15) is 0 Å². The molecule has 1 unspecified atom stereocenters. The van der Waals surface area contributed by atoms with Gasteiger partial charge in [-0.3, -0.25) is 4.90 Å². The SMILES string of the molecule is CC1CCN(CC(F)(F)C(F)F)CCN1. The molecule has 1 saturated heterocycles. The molecule has 1 aliphatic heterocycles. The summed E-state index contributed by atoms with van der Waals surface area (Å²) in [6.45, 7) is 2.51. The second-order valence-corrected chi connectivity index (χ2v) is 3.98. The molecule has 0 bridgehead atoms. The quantitative estimate of drug-likeness (QED) is 0.738. The second kappa shape index (κ2) is 5.12. The fraction of sp³-hybridized carbons (Fsp3) is 1.00. The maximum absolute atomic E-state index is 12.7. The number of hydrogen-bond donors (Lipinski definition) is 1. The lowest BCUT2D eigenvalue weighted by Crippen LogP contribution is -2.43. The van der Waals surface area contributed by atoms with Gasteiger partial charge in [0.05, 0.1) is 6.54 Å². The van der Waals surface area contributed by atoms with Crippen molar-refractivity contribution in [2.24, 2.45) is 0 Å². The van der Waals surface area contributed by atoms with Crippen LogP contribution < -0.4 is 5.32 Å². The van der Waals surface area contributed by atoms with Crippen LogP contribution in [0.2, 0.25) is 0 Å². The van der Waals surface area contributed by atoms with Gasteiger partial charge in [-0.05, 0) is 19.9 Å². The van der Waals surface area contributed by atoms with Crippen LogP contribution in [0.4, 0.5) is 17.6 Å². The van der Waals surface area contributed by atoms with Crippen LogP contribution in [0.3, 0.4) is 0 Å². The van der Waals surface area contributed by atoms with Crippen molar-refractivity contribution >= 4 is 0 Å². The molecule has 6 heteroatoms. The Labute approximate surface area is 86.6 Å². The van der Waals surface area contributed by atoms with Gasteiger partial charge in [0.2, 0.25) is 0 Å².